The van der Waals surface area contributed by atoms with Gasteiger partial charge in [0.05, 0.1) is 18.3 Å². The fraction of sp³-hybridized carbons (Fsp3) is 0.500. The Morgan fingerprint density at radius 2 is 1.91 bits per heavy atom. The van der Waals surface area contributed by atoms with Gasteiger partial charge in [-0.1, -0.05) is 13.8 Å². The van der Waals surface area contributed by atoms with Crippen molar-refractivity contribution in [1.82, 2.24) is 19.8 Å². The zero-order valence-corrected chi connectivity index (χ0v) is 18.6. The summed E-state index contributed by atoms with van der Waals surface area (Å²) in [7, 11) is 0. The molecule has 1 fully saturated rings. The molecule has 0 spiro atoms. The molecule has 7 nitrogen and oxygen atoms in total. The van der Waals surface area contributed by atoms with Gasteiger partial charge in [-0.15, -0.1) is 0 Å². The van der Waals surface area contributed by atoms with Crippen molar-refractivity contribution in [1.29, 1.82) is 0 Å². The van der Waals surface area contributed by atoms with E-state index in [0.29, 0.717) is 42.2 Å². The molecule has 2 aliphatic heterocycles. The molecule has 2 aromatic rings. The Morgan fingerprint density at radius 1 is 1.19 bits per heavy atom. The lowest BCUT2D eigenvalue weighted by Crippen LogP contribution is -2.41. The highest BCUT2D eigenvalue weighted by Crippen LogP contribution is 2.32. The summed E-state index contributed by atoms with van der Waals surface area (Å²) in [6, 6.07) is 5.20. The molecule has 0 unspecified atom stereocenters. The molecule has 0 bridgehead atoms. The molecule has 8 heteroatoms. The van der Waals surface area contributed by atoms with Crippen molar-refractivity contribution in [2.24, 2.45) is 5.92 Å². The standard InChI is InChI=1S/C24H29FN4O3/c1-3-15(4-2)24(32)29-12-5-6-20(29)21-26-19-14-28(13-11-18(19)22(30)27-21)23(31)16-7-9-17(25)10-8-16/h7-10,15,20H,3-6,11-14H2,1-2H3,(H,26,27,30)/t20-/m0/s1. The minimum atomic E-state index is -0.396. The summed E-state index contributed by atoms with van der Waals surface area (Å²) in [5.74, 6) is -0.0190. The van der Waals surface area contributed by atoms with E-state index in [-0.39, 0.29) is 35.9 Å². The van der Waals surface area contributed by atoms with E-state index in [2.05, 4.69) is 4.98 Å². The molecule has 170 valence electrons. The summed E-state index contributed by atoms with van der Waals surface area (Å²) in [6.07, 6.45) is 3.60. The van der Waals surface area contributed by atoms with Crippen LogP contribution in [0.15, 0.2) is 29.1 Å². The van der Waals surface area contributed by atoms with Crippen LogP contribution in [0.25, 0.3) is 0 Å². The number of halogens is 1. The molecule has 0 radical (unpaired) electrons. The normalized spacial score (nSPS) is 18.2. The van der Waals surface area contributed by atoms with Crippen LogP contribution in [0.5, 0.6) is 0 Å². The van der Waals surface area contributed by atoms with Crippen molar-refractivity contribution >= 4 is 11.8 Å². The second-order valence-electron chi connectivity index (χ2n) is 8.56. The van der Waals surface area contributed by atoms with Crippen LogP contribution in [0.2, 0.25) is 0 Å². The average Bonchev–Trinajstić information content (AvgIpc) is 3.29. The number of nitrogens with zero attached hydrogens (tertiary/aromatic N) is 3. The molecule has 1 aromatic carbocycles. The van der Waals surface area contributed by atoms with Crippen molar-refractivity contribution in [3.05, 3.63) is 63.1 Å². The predicted molar refractivity (Wildman–Crippen MR) is 117 cm³/mol. The van der Waals surface area contributed by atoms with Crippen molar-refractivity contribution in [2.45, 2.75) is 58.5 Å². The van der Waals surface area contributed by atoms with Crippen LogP contribution in [0.3, 0.4) is 0 Å². The number of aromatic nitrogens is 2. The van der Waals surface area contributed by atoms with Crippen molar-refractivity contribution in [2.75, 3.05) is 13.1 Å². The predicted octanol–water partition coefficient (Wildman–Crippen LogP) is 3.21. The van der Waals surface area contributed by atoms with E-state index in [1.54, 1.807) is 4.90 Å². The molecule has 3 heterocycles. The van der Waals surface area contributed by atoms with E-state index in [4.69, 9.17) is 4.98 Å². The highest BCUT2D eigenvalue weighted by Gasteiger charge is 2.35. The largest absolute Gasteiger partial charge is 0.332 e. The van der Waals surface area contributed by atoms with Crippen LogP contribution < -0.4 is 5.56 Å². The second kappa shape index (κ2) is 9.22. The van der Waals surface area contributed by atoms with Gasteiger partial charge in [-0.25, -0.2) is 9.37 Å². The van der Waals surface area contributed by atoms with E-state index in [9.17, 15) is 18.8 Å². The third-order valence-electron chi connectivity index (χ3n) is 6.66. The number of carbonyl (C=O) groups is 2. The molecular formula is C24H29FN4O3. The number of carbonyl (C=O) groups excluding carboxylic acids is 2. The zero-order chi connectivity index (χ0) is 22.8. The molecule has 1 aromatic heterocycles. The first-order valence-electron chi connectivity index (χ1n) is 11.4. The summed E-state index contributed by atoms with van der Waals surface area (Å²) in [6.45, 7) is 5.31. The van der Waals surface area contributed by atoms with Crippen molar-refractivity contribution < 1.29 is 14.0 Å². The minimum Gasteiger partial charge on any atom is -0.332 e. The fourth-order valence-corrected chi connectivity index (χ4v) is 4.75. The van der Waals surface area contributed by atoms with Gasteiger partial charge in [0.15, 0.2) is 0 Å². The van der Waals surface area contributed by atoms with Crippen molar-refractivity contribution in [3.8, 4) is 0 Å². The zero-order valence-electron chi connectivity index (χ0n) is 18.6. The Hall–Kier alpha value is -3.03. The van der Waals surface area contributed by atoms with Gasteiger partial charge in [0.1, 0.15) is 11.6 Å². The molecule has 0 saturated carbocycles. The molecule has 2 amide bonds. The first-order chi connectivity index (χ1) is 15.4. The molecule has 4 rings (SSSR count). The topological polar surface area (TPSA) is 86.4 Å². The summed E-state index contributed by atoms with van der Waals surface area (Å²) in [5, 5.41) is 0. The second-order valence-corrected chi connectivity index (χ2v) is 8.56. The maximum absolute atomic E-state index is 13.2. The SMILES string of the molecule is CCC(CC)C(=O)N1CCC[C@H]1c1nc2c(c(=O)[nH]1)CCN(C(=O)c1ccc(F)cc1)C2. The van der Waals surface area contributed by atoms with Crippen molar-refractivity contribution in [3.63, 3.8) is 0 Å². The quantitative estimate of drug-likeness (QED) is 0.774. The lowest BCUT2D eigenvalue weighted by Gasteiger charge is -2.30. The van der Waals surface area contributed by atoms with Gasteiger partial charge >= 0.3 is 0 Å². The lowest BCUT2D eigenvalue weighted by atomic mass is 10.0. The van der Waals surface area contributed by atoms with Gasteiger partial charge in [-0.05, 0) is 56.4 Å². The Morgan fingerprint density at radius 3 is 2.59 bits per heavy atom. The van der Waals surface area contributed by atoms with Gasteiger partial charge in [0.2, 0.25) is 5.91 Å². The van der Waals surface area contributed by atoms with Crippen LogP contribution in [-0.4, -0.2) is 44.7 Å². The first kappa shape index (κ1) is 22.2. The summed E-state index contributed by atoms with van der Waals surface area (Å²) < 4.78 is 13.2. The molecule has 1 N–H and O–H groups in total. The number of aromatic amines is 1. The molecule has 2 aliphatic rings. The monoisotopic (exact) mass is 440 g/mol. The van der Waals surface area contributed by atoms with E-state index in [1.807, 2.05) is 18.7 Å². The number of nitrogens with one attached hydrogen (secondary N) is 1. The Labute approximate surface area is 186 Å². The molecule has 1 atom stereocenters. The van der Waals surface area contributed by atoms with Gasteiger partial charge in [-0.2, -0.15) is 0 Å². The summed E-state index contributed by atoms with van der Waals surface area (Å²) >= 11 is 0. The Balaban J connectivity index is 1.59. The summed E-state index contributed by atoms with van der Waals surface area (Å²) in [4.78, 5) is 49.8. The van der Waals surface area contributed by atoms with E-state index in [0.717, 1.165) is 25.7 Å². The smallest absolute Gasteiger partial charge is 0.254 e. The van der Waals surface area contributed by atoms with Crippen LogP contribution >= 0.6 is 0 Å². The van der Waals surface area contributed by atoms with Gasteiger partial charge in [0, 0.05) is 30.1 Å². The maximum atomic E-state index is 13.2. The van der Waals surface area contributed by atoms with Crippen LogP contribution in [-0.2, 0) is 17.8 Å². The first-order valence-corrected chi connectivity index (χ1v) is 11.4. The van der Waals surface area contributed by atoms with Crippen LogP contribution in [0.4, 0.5) is 4.39 Å². The lowest BCUT2D eigenvalue weighted by molar-refractivity contribution is -0.136. The van der Waals surface area contributed by atoms with E-state index < -0.39 is 5.82 Å². The fourth-order valence-electron chi connectivity index (χ4n) is 4.75. The number of benzene rings is 1. The maximum Gasteiger partial charge on any atom is 0.254 e. The molecule has 32 heavy (non-hydrogen) atoms. The average molecular weight is 441 g/mol. The van der Waals surface area contributed by atoms with E-state index >= 15 is 0 Å². The highest BCUT2D eigenvalue weighted by atomic mass is 19.1. The number of H-pyrrole nitrogens is 1. The number of fused-ring (bicyclic) bond motifs is 1. The van der Waals surface area contributed by atoms with Crippen LogP contribution in [0.1, 0.15) is 73.0 Å². The summed E-state index contributed by atoms with van der Waals surface area (Å²) in [5.41, 5.74) is 1.37. The van der Waals surface area contributed by atoms with Crippen LogP contribution in [0, 0.1) is 11.7 Å². The third kappa shape index (κ3) is 4.18. The minimum absolute atomic E-state index is 0.0243. The third-order valence-corrected chi connectivity index (χ3v) is 6.66. The number of rotatable bonds is 5. The number of hydrogen-bond donors (Lipinski definition) is 1. The Bertz CT molecular complexity index is 1060. The number of hydrogen-bond acceptors (Lipinski definition) is 4. The highest BCUT2D eigenvalue weighted by molar-refractivity contribution is 5.94. The van der Waals surface area contributed by atoms with E-state index in [1.165, 1.54) is 24.3 Å². The number of likely N-dealkylation sites (tertiary alicyclic amines) is 1. The van der Waals surface area contributed by atoms with Gasteiger partial charge < -0.3 is 14.8 Å². The Kier molecular flexibility index (Phi) is 6.39. The molecule has 1 saturated heterocycles. The molecule has 0 aliphatic carbocycles. The van der Waals surface area contributed by atoms with Gasteiger partial charge in [-0.3, -0.25) is 14.4 Å². The molecular weight excluding hydrogens is 411 g/mol. The number of amides is 2. The van der Waals surface area contributed by atoms with Gasteiger partial charge in [0.25, 0.3) is 11.5 Å².